The molecule has 0 fully saturated rings. The van der Waals surface area contributed by atoms with Gasteiger partial charge in [-0.25, -0.2) is 0 Å². The first-order valence-electron chi connectivity index (χ1n) is 6.49. The molecule has 0 spiro atoms. The highest BCUT2D eigenvalue weighted by atomic mass is 15.3. The molecule has 1 heterocycles. The number of hydrogen-bond donors (Lipinski definition) is 1. The summed E-state index contributed by atoms with van der Waals surface area (Å²) in [5, 5.41) is 4.46. The van der Waals surface area contributed by atoms with Crippen molar-refractivity contribution in [2.45, 2.75) is 40.3 Å². The summed E-state index contributed by atoms with van der Waals surface area (Å²) >= 11 is 0. The molecule has 0 saturated heterocycles. The third-order valence-corrected chi connectivity index (χ3v) is 3.31. The van der Waals surface area contributed by atoms with E-state index < -0.39 is 0 Å². The first-order valence-corrected chi connectivity index (χ1v) is 6.49. The number of nitrogens with two attached hydrogens (primary N) is 1. The van der Waals surface area contributed by atoms with Crippen LogP contribution in [0.4, 0.5) is 0 Å². The number of benzene rings is 1. The summed E-state index contributed by atoms with van der Waals surface area (Å²) in [6.07, 6.45) is 3.05. The third kappa shape index (κ3) is 2.31. The van der Waals surface area contributed by atoms with Crippen molar-refractivity contribution in [3.05, 3.63) is 41.2 Å². The number of aromatic nitrogens is 2. The molecule has 96 valence electrons. The Morgan fingerprint density at radius 3 is 2.67 bits per heavy atom. The number of aryl methyl sites for hydroxylation is 2. The molecule has 18 heavy (non-hydrogen) atoms. The van der Waals surface area contributed by atoms with Crippen LogP contribution >= 0.6 is 0 Å². The maximum absolute atomic E-state index is 5.83. The molecule has 0 aliphatic rings. The van der Waals surface area contributed by atoms with Crippen molar-refractivity contribution in [1.82, 2.24) is 9.78 Å². The van der Waals surface area contributed by atoms with Gasteiger partial charge in [-0.1, -0.05) is 30.7 Å². The van der Waals surface area contributed by atoms with E-state index in [-0.39, 0.29) is 0 Å². The average Bonchev–Trinajstić information content (AvgIpc) is 2.72. The fourth-order valence-corrected chi connectivity index (χ4v) is 2.27. The second-order valence-corrected chi connectivity index (χ2v) is 4.73. The van der Waals surface area contributed by atoms with Gasteiger partial charge in [-0.15, -0.1) is 0 Å². The van der Waals surface area contributed by atoms with Gasteiger partial charge in [0.25, 0.3) is 0 Å². The minimum absolute atomic E-state index is 0.564. The van der Waals surface area contributed by atoms with Crippen LogP contribution in [0.25, 0.3) is 11.1 Å². The highest BCUT2D eigenvalue weighted by molar-refractivity contribution is 5.69. The summed E-state index contributed by atoms with van der Waals surface area (Å²) < 4.78 is 2.07. The van der Waals surface area contributed by atoms with E-state index in [1.54, 1.807) is 0 Å². The maximum atomic E-state index is 5.83. The van der Waals surface area contributed by atoms with E-state index in [1.165, 1.54) is 27.9 Å². The normalized spacial score (nSPS) is 10.9. The number of nitrogens with zero attached hydrogens (tertiary/aromatic N) is 2. The zero-order valence-corrected chi connectivity index (χ0v) is 11.4. The lowest BCUT2D eigenvalue weighted by atomic mass is 9.98. The molecular weight excluding hydrogens is 222 g/mol. The van der Waals surface area contributed by atoms with E-state index in [1.807, 2.05) is 6.20 Å². The standard InChI is InChI=1S/C15H21N3/c1-4-7-18-12(3)15(10-17-18)14-8-11(2)5-6-13(14)9-16/h5-6,8,10H,4,7,9,16H2,1-3H3. The van der Waals surface area contributed by atoms with Crippen LogP contribution in [0, 0.1) is 13.8 Å². The van der Waals surface area contributed by atoms with Crippen molar-refractivity contribution < 1.29 is 0 Å². The fraction of sp³-hybridized carbons (Fsp3) is 0.400. The van der Waals surface area contributed by atoms with Crippen LogP contribution in [0.5, 0.6) is 0 Å². The van der Waals surface area contributed by atoms with Crippen LogP contribution in [0.2, 0.25) is 0 Å². The number of hydrogen-bond acceptors (Lipinski definition) is 2. The third-order valence-electron chi connectivity index (χ3n) is 3.31. The molecule has 0 unspecified atom stereocenters. The lowest BCUT2D eigenvalue weighted by Crippen LogP contribution is -2.02. The van der Waals surface area contributed by atoms with E-state index in [4.69, 9.17) is 5.73 Å². The summed E-state index contributed by atoms with van der Waals surface area (Å²) in [5.41, 5.74) is 11.9. The van der Waals surface area contributed by atoms with Gasteiger partial charge < -0.3 is 5.73 Å². The van der Waals surface area contributed by atoms with Crippen LogP contribution in [0.3, 0.4) is 0 Å². The largest absolute Gasteiger partial charge is 0.326 e. The second-order valence-electron chi connectivity index (χ2n) is 4.73. The van der Waals surface area contributed by atoms with Crippen molar-refractivity contribution in [1.29, 1.82) is 0 Å². The maximum Gasteiger partial charge on any atom is 0.0571 e. The van der Waals surface area contributed by atoms with Gasteiger partial charge in [-0.05, 0) is 31.4 Å². The lowest BCUT2D eigenvalue weighted by molar-refractivity contribution is 0.587. The van der Waals surface area contributed by atoms with Crippen molar-refractivity contribution in [2.75, 3.05) is 0 Å². The molecule has 0 atom stereocenters. The number of rotatable bonds is 4. The second kappa shape index (κ2) is 5.36. The summed E-state index contributed by atoms with van der Waals surface area (Å²) in [5.74, 6) is 0. The van der Waals surface area contributed by atoms with Gasteiger partial charge in [0.05, 0.1) is 6.20 Å². The van der Waals surface area contributed by atoms with E-state index in [2.05, 4.69) is 48.8 Å². The molecule has 0 aliphatic heterocycles. The van der Waals surface area contributed by atoms with Crippen molar-refractivity contribution >= 4 is 0 Å². The van der Waals surface area contributed by atoms with E-state index in [0.29, 0.717) is 6.54 Å². The SMILES string of the molecule is CCCn1ncc(-c2cc(C)ccc2CN)c1C. The molecule has 0 saturated carbocycles. The Balaban J connectivity index is 2.51. The first-order chi connectivity index (χ1) is 8.67. The fourth-order valence-electron chi connectivity index (χ4n) is 2.27. The Morgan fingerprint density at radius 2 is 2.00 bits per heavy atom. The molecule has 2 N–H and O–H groups in total. The summed E-state index contributed by atoms with van der Waals surface area (Å²) in [6.45, 7) is 7.93. The molecule has 1 aromatic carbocycles. The van der Waals surface area contributed by atoms with Crippen LogP contribution in [-0.2, 0) is 13.1 Å². The summed E-state index contributed by atoms with van der Waals surface area (Å²) in [4.78, 5) is 0. The average molecular weight is 243 g/mol. The predicted molar refractivity (Wildman–Crippen MR) is 75.3 cm³/mol. The molecule has 2 aromatic rings. The lowest BCUT2D eigenvalue weighted by Gasteiger charge is -2.09. The van der Waals surface area contributed by atoms with Crippen LogP contribution in [0.15, 0.2) is 24.4 Å². The van der Waals surface area contributed by atoms with Crippen LogP contribution < -0.4 is 5.73 Å². The monoisotopic (exact) mass is 243 g/mol. The minimum Gasteiger partial charge on any atom is -0.326 e. The Morgan fingerprint density at radius 1 is 1.22 bits per heavy atom. The molecule has 2 rings (SSSR count). The smallest absolute Gasteiger partial charge is 0.0571 e. The highest BCUT2D eigenvalue weighted by Gasteiger charge is 2.11. The van der Waals surface area contributed by atoms with E-state index >= 15 is 0 Å². The topological polar surface area (TPSA) is 43.8 Å². The van der Waals surface area contributed by atoms with E-state index in [0.717, 1.165) is 13.0 Å². The van der Waals surface area contributed by atoms with Gasteiger partial charge in [0.2, 0.25) is 0 Å². The molecular formula is C15H21N3. The molecule has 0 bridgehead atoms. The molecule has 3 heteroatoms. The molecule has 0 amide bonds. The summed E-state index contributed by atoms with van der Waals surface area (Å²) in [7, 11) is 0. The Kier molecular flexibility index (Phi) is 3.82. The van der Waals surface area contributed by atoms with E-state index in [9.17, 15) is 0 Å². The van der Waals surface area contributed by atoms with Gasteiger partial charge in [-0.2, -0.15) is 5.10 Å². The van der Waals surface area contributed by atoms with Gasteiger partial charge >= 0.3 is 0 Å². The zero-order chi connectivity index (χ0) is 13.1. The predicted octanol–water partition coefficient (Wildman–Crippen LogP) is 3.04. The van der Waals surface area contributed by atoms with Crippen molar-refractivity contribution in [3.63, 3.8) is 0 Å². The Hall–Kier alpha value is -1.61. The summed E-state index contributed by atoms with van der Waals surface area (Å²) in [6, 6.07) is 6.42. The van der Waals surface area contributed by atoms with Crippen LogP contribution in [0.1, 0.15) is 30.2 Å². The molecule has 1 aromatic heterocycles. The minimum atomic E-state index is 0.564. The Labute approximate surface area is 109 Å². The first kappa shape index (κ1) is 12.8. The van der Waals surface area contributed by atoms with Gasteiger partial charge in [0, 0.05) is 24.3 Å². The Bertz CT molecular complexity index is 541. The van der Waals surface area contributed by atoms with Gasteiger partial charge in [-0.3, -0.25) is 4.68 Å². The molecule has 0 aliphatic carbocycles. The van der Waals surface area contributed by atoms with Gasteiger partial charge in [0.15, 0.2) is 0 Å². The zero-order valence-electron chi connectivity index (χ0n) is 11.4. The molecule has 3 nitrogen and oxygen atoms in total. The van der Waals surface area contributed by atoms with Gasteiger partial charge in [0.1, 0.15) is 0 Å². The van der Waals surface area contributed by atoms with Crippen LogP contribution in [-0.4, -0.2) is 9.78 Å². The van der Waals surface area contributed by atoms with Crippen molar-refractivity contribution in [2.24, 2.45) is 5.73 Å². The molecule has 0 radical (unpaired) electrons. The quantitative estimate of drug-likeness (QED) is 0.897. The van der Waals surface area contributed by atoms with Crippen molar-refractivity contribution in [3.8, 4) is 11.1 Å². The highest BCUT2D eigenvalue weighted by Crippen LogP contribution is 2.27.